The number of ether oxygens (including phenoxy) is 2. The van der Waals surface area contributed by atoms with Crippen LogP contribution in [0.3, 0.4) is 0 Å². The third kappa shape index (κ3) is 3.02. The summed E-state index contributed by atoms with van der Waals surface area (Å²) in [4.78, 5) is 13.9. The molecule has 1 aliphatic heterocycles. The first-order valence-corrected chi connectivity index (χ1v) is 6.83. The van der Waals surface area contributed by atoms with Crippen LogP contribution >= 0.6 is 0 Å². The quantitative estimate of drug-likeness (QED) is 0.578. The lowest BCUT2D eigenvalue weighted by Crippen LogP contribution is -2.57. The molecule has 1 saturated carbocycles. The predicted octanol–water partition coefficient (Wildman–Crippen LogP) is 0.554. The Morgan fingerprint density at radius 3 is 2.89 bits per heavy atom. The van der Waals surface area contributed by atoms with Crippen LogP contribution in [0.2, 0.25) is 0 Å². The van der Waals surface area contributed by atoms with Gasteiger partial charge in [-0.1, -0.05) is 19.3 Å². The summed E-state index contributed by atoms with van der Waals surface area (Å²) in [5, 5.41) is 10.2. The van der Waals surface area contributed by atoms with E-state index in [0.717, 1.165) is 25.7 Å². The van der Waals surface area contributed by atoms with Crippen LogP contribution in [0.4, 0.5) is 0 Å². The van der Waals surface area contributed by atoms with Crippen molar-refractivity contribution in [2.24, 2.45) is 0 Å². The van der Waals surface area contributed by atoms with E-state index in [2.05, 4.69) is 4.90 Å². The molecule has 0 spiro atoms. The maximum absolute atomic E-state index is 11.8. The van der Waals surface area contributed by atoms with E-state index >= 15 is 0 Å². The number of rotatable bonds is 2. The second kappa shape index (κ2) is 6.50. The Bertz CT molecular complexity index is 284. The number of carbonyl (C=O) groups is 1. The zero-order valence-electron chi connectivity index (χ0n) is 11.0. The fraction of sp³-hybridized carbons (Fsp3) is 0.923. The van der Waals surface area contributed by atoms with E-state index in [1.54, 1.807) is 0 Å². The fourth-order valence-electron chi connectivity index (χ4n) is 3.01. The number of nitrogens with zero attached hydrogens (tertiary/aromatic N) is 1. The first kappa shape index (κ1) is 13.8. The Kier molecular flexibility index (Phi) is 4.97. The molecule has 0 radical (unpaired) electrons. The van der Waals surface area contributed by atoms with E-state index in [0.29, 0.717) is 19.8 Å². The van der Waals surface area contributed by atoms with Crippen LogP contribution in [-0.2, 0) is 14.3 Å². The molecule has 3 atom stereocenters. The van der Waals surface area contributed by atoms with Crippen LogP contribution < -0.4 is 0 Å². The molecule has 0 bridgehead atoms. The minimum atomic E-state index is -0.360. The second-order valence-corrected chi connectivity index (χ2v) is 5.12. The Hall–Kier alpha value is -0.650. The van der Waals surface area contributed by atoms with Crippen molar-refractivity contribution in [3.8, 4) is 0 Å². The van der Waals surface area contributed by atoms with Gasteiger partial charge in [-0.2, -0.15) is 0 Å². The standard InChI is InChI=1S/C13H23NO4/c1-17-13(16)11-9-18-8-7-14(11)10-5-3-2-4-6-12(10)15/h10-12,15H,2-9H2,1H3. The van der Waals surface area contributed by atoms with Gasteiger partial charge < -0.3 is 14.6 Å². The SMILES string of the molecule is COC(=O)C1COCCN1C1CCCCCC1O. The van der Waals surface area contributed by atoms with Gasteiger partial charge in [-0.15, -0.1) is 0 Å². The normalized spacial score (nSPS) is 34.9. The number of methoxy groups -OCH3 is 1. The number of esters is 1. The predicted molar refractivity (Wildman–Crippen MR) is 66.2 cm³/mol. The highest BCUT2D eigenvalue weighted by molar-refractivity contribution is 5.76. The Morgan fingerprint density at radius 1 is 1.33 bits per heavy atom. The van der Waals surface area contributed by atoms with E-state index in [4.69, 9.17) is 9.47 Å². The minimum Gasteiger partial charge on any atom is -0.468 e. The van der Waals surface area contributed by atoms with Crippen molar-refractivity contribution in [1.29, 1.82) is 0 Å². The average Bonchev–Trinajstić information content (AvgIpc) is 2.62. The van der Waals surface area contributed by atoms with Gasteiger partial charge in [-0.25, -0.2) is 0 Å². The third-order valence-electron chi connectivity index (χ3n) is 4.01. The molecule has 3 unspecified atom stereocenters. The van der Waals surface area contributed by atoms with Gasteiger partial charge in [0.15, 0.2) is 0 Å². The molecule has 104 valence electrons. The third-order valence-corrected chi connectivity index (χ3v) is 4.01. The fourth-order valence-corrected chi connectivity index (χ4v) is 3.01. The summed E-state index contributed by atoms with van der Waals surface area (Å²) in [7, 11) is 1.40. The number of aliphatic hydroxyl groups excluding tert-OH is 1. The van der Waals surface area contributed by atoms with Crippen LogP contribution in [0.15, 0.2) is 0 Å². The van der Waals surface area contributed by atoms with Crippen molar-refractivity contribution in [1.82, 2.24) is 4.90 Å². The van der Waals surface area contributed by atoms with Crippen molar-refractivity contribution in [2.75, 3.05) is 26.9 Å². The molecule has 1 aliphatic carbocycles. The molecular formula is C13H23NO4. The summed E-state index contributed by atoms with van der Waals surface area (Å²) in [5.41, 5.74) is 0. The molecule has 1 saturated heterocycles. The molecule has 1 heterocycles. The van der Waals surface area contributed by atoms with Crippen LogP contribution in [0, 0.1) is 0 Å². The van der Waals surface area contributed by atoms with Gasteiger partial charge >= 0.3 is 5.97 Å². The number of morpholine rings is 1. The molecule has 0 aromatic carbocycles. The monoisotopic (exact) mass is 257 g/mol. The van der Waals surface area contributed by atoms with Crippen molar-refractivity contribution < 1.29 is 19.4 Å². The zero-order chi connectivity index (χ0) is 13.0. The summed E-state index contributed by atoms with van der Waals surface area (Å²) in [6, 6.07) is -0.290. The lowest BCUT2D eigenvalue weighted by atomic mass is 10.0. The number of hydrogen-bond donors (Lipinski definition) is 1. The van der Waals surface area contributed by atoms with Gasteiger partial charge in [0.25, 0.3) is 0 Å². The highest BCUT2D eigenvalue weighted by Gasteiger charge is 2.38. The Labute approximate surface area is 108 Å². The summed E-state index contributed by atoms with van der Waals surface area (Å²) in [6.45, 7) is 1.69. The van der Waals surface area contributed by atoms with E-state index < -0.39 is 0 Å². The summed E-state index contributed by atoms with van der Waals surface area (Å²) < 4.78 is 10.2. The van der Waals surface area contributed by atoms with Crippen molar-refractivity contribution >= 4 is 5.97 Å². The molecule has 5 nitrogen and oxygen atoms in total. The summed E-state index contributed by atoms with van der Waals surface area (Å²) >= 11 is 0. The lowest BCUT2D eigenvalue weighted by Gasteiger charge is -2.40. The summed E-state index contributed by atoms with van der Waals surface area (Å²) in [6.07, 6.45) is 4.81. The zero-order valence-corrected chi connectivity index (χ0v) is 11.0. The van der Waals surface area contributed by atoms with Crippen molar-refractivity contribution in [3.05, 3.63) is 0 Å². The van der Waals surface area contributed by atoms with E-state index in [1.165, 1.54) is 13.5 Å². The number of carbonyl (C=O) groups excluding carboxylic acids is 1. The van der Waals surface area contributed by atoms with E-state index in [1.807, 2.05) is 0 Å². The van der Waals surface area contributed by atoms with Gasteiger partial charge in [-0.3, -0.25) is 9.69 Å². The highest BCUT2D eigenvalue weighted by Crippen LogP contribution is 2.25. The molecule has 18 heavy (non-hydrogen) atoms. The van der Waals surface area contributed by atoms with Gasteiger partial charge in [0.2, 0.25) is 0 Å². The molecule has 2 fully saturated rings. The van der Waals surface area contributed by atoms with Crippen LogP contribution in [0.1, 0.15) is 32.1 Å². The minimum absolute atomic E-state index is 0.0699. The molecule has 5 heteroatoms. The van der Waals surface area contributed by atoms with Crippen molar-refractivity contribution in [2.45, 2.75) is 50.3 Å². The highest BCUT2D eigenvalue weighted by atomic mass is 16.5. The second-order valence-electron chi connectivity index (χ2n) is 5.12. The maximum atomic E-state index is 11.8. The van der Waals surface area contributed by atoms with Crippen molar-refractivity contribution in [3.63, 3.8) is 0 Å². The molecule has 0 aromatic rings. The van der Waals surface area contributed by atoms with E-state index in [-0.39, 0.29) is 24.2 Å². The van der Waals surface area contributed by atoms with Crippen LogP contribution in [0.5, 0.6) is 0 Å². The smallest absolute Gasteiger partial charge is 0.325 e. The Balaban J connectivity index is 2.08. The average molecular weight is 257 g/mol. The molecular weight excluding hydrogens is 234 g/mol. The van der Waals surface area contributed by atoms with Gasteiger partial charge in [0.05, 0.1) is 26.4 Å². The lowest BCUT2D eigenvalue weighted by molar-refractivity contribution is -0.157. The molecule has 0 aromatic heterocycles. The van der Waals surface area contributed by atoms with Gasteiger partial charge in [0.1, 0.15) is 6.04 Å². The maximum Gasteiger partial charge on any atom is 0.325 e. The molecule has 2 aliphatic rings. The van der Waals surface area contributed by atoms with Crippen LogP contribution in [0.25, 0.3) is 0 Å². The van der Waals surface area contributed by atoms with Crippen LogP contribution in [-0.4, -0.2) is 61.0 Å². The number of hydrogen-bond acceptors (Lipinski definition) is 5. The first-order valence-electron chi connectivity index (χ1n) is 6.83. The molecule has 1 N–H and O–H groups in total. The van der Waals surface area contributed by atoms with E-state index in [9.17, 15) is 9.90 Å². The summed E-state index contributed by atoms with van der Waals surface area (Å²) in [5.74, 6) is -0.258. The molecule has 2 rings (SSSR count). The number of aliphatic hydroxyl groups is 1. The molecule has 0 amide bonds. The Morgan fingerprint density at radius 2 is 2.11 bits per heavy atom. The van der Waals surface area contributed by atoms with Gasteiger partial charge in [-0.05, 0) is 12.8 Å². The topological polar surface area (TPSA) is 59.0 Å². The van der Waals surface area contributed by atoms with Gasteiger partial charge in [0, 0.05) is 12.6 Å². The first-order chi connectivity index (χ1) is 8.74. The largest absolute Gasteiger partial charge is 0.468 e.